The Morgan fingerprint density at radius 3 is 1.85 bits per heavy atom. The van der Waals surface area contributed by atoms with Crippen LogP contribution < -0.4 is 0 Å². The van der Waals surface area contributed by atoms with Gasteiger partial charge in [-0.1, -0.05) is 0 Å². The topological polar surface area (TPSA) is 29.4 Å². The van der Waals surface area contributed by atoms with E-state index in [1.54, 1.807) is 0 Å². The lowest BCUT2D eigenvalue weighted by Crippen LogP contribution is -2.73. The van der Waals surface area contributed by atoms with Crippen molar-refractivity contribution in [2.24, 2.45) is 4.99 Å². The molecule has 0 heterocycles. The van der Waals surface area contributed by atoms with Crippen LogP contribution in [0.3, 0.4) is 0 Å². The zero-order chi connectivity index (χ0) is 16.2. The minimum atomic E-state index is -7.07. The third kappa shape index (κ3) is 1.60. The molecule has 1 aliphatic carbocycles. The molecule has 2 nitrogen and oxygen atoms in total. The quantitative estimate of drug-likeness (QED) is 0.315. The second kappa shape index (κ2) is 3.96. The van der Waals surface area contributed by atoms with Crippen molar-refractivity contribution in [3.63, 3.8) is 0 Å². The molecule has 0 bridgehead atoms. The zero-order valence-corrected chi connectivity index (χ0v) is 8.71. The third-order valence-corrected chi connectivity index (χ3v) is 2.52. The predicted octanol–water partition coefficient (Wildman–Crippen LogP) is 3.40. The number of hydrogen-bond acceptors (Lipinski definition) is 2. The summed E-state index contributed by atoms with van der Waals surface area (Å²) in [5.41, 5.74) is -6.94. The largest absolute Gasteiger partial charge is 0.435 e. The summed E-state index contributed by atoms with van der Waals surface area (Å²) < 4.78 is 128. The maximum atomic E-state index is 13.4. The summed E-state index contributed by atoms with van der Waals surface area (Å²) in [7, 11) is 0. The van der Waals surface area contributed by atoms with Gasteiger partial charge >= 0.3 is 23.7 Å². The molecule has 0 spiro atoms. The maximum absolute atomic E-state index is 13.4. The monoisotopic (exact) mass is 317 g/mol. The Kier molecular flexibility index (Phi) is 3.27. The van der Waals surface area contributed by atoms with Gasteiger partial charge in [-0.15, -0.1) is 0 Å². The Hall–Kier alpha value is -1.58. The number of carbonyl (C=O) groups excluding carboxylic acids is 1. The van der Waals surface area contributed by atoms with Crippen molar-refractivity contribution in [1.29, 1.82) is 0 Å². The van der Waals surface area contributed by atoms with Crippen molar-refractivity contribution in [3.05, 3.63) is 11.9 Å². The standard InChI is InChI=1S/C8HF10NO/c9-3-1-4(10,19-2-20)7(14,15)6(13,5(3,11)12)8(16,17)18/h1H. The minimum absolute atomic E-state index is 0.000512. The van der Waals surface area contributed by atoms with Crippen LogP contribution >= 0.6 is 0 Å². The molecule has 0 saturated heterocycles. The van der Waals surface area contributed by atoms with Gasteiger partial charge in [0.2, 0.25) is 6.08 Å². The van der Waals surface area contributed by atoms with Gasteiger partial charge in [0.25, 0.3) is 5.79 Å². The lowest BCUT2D eigenvalue weighted by atomic mass is 9.78. The molecule has 0 radical (unpaired) electrons. The highest BCUT2D eigenvalue weighted by Crippen LogP contribution is 2.63. The number of halogens is 10. The lowest BCUT2D eigenvalue weighted by molar-refractivity contribution is -0.383. The molecule has 0 aromatic heterocycles. The number of nitrogens with zero attached hydrogens (tertiary/aromatic N) is 1. The third-order valence-electron chi connectivity index (χ3n) is 2.52. The van der Waals surface area contributed by atoms with Crippen molar-refractivity contribution in [2.75, 3.05) is 0 Å². The molecule has 2 atom stereocenters. The van der Waals surface area contributed by atoms with Crippen LogP contribution in [0.15, 0.2) is 16.9 Å². The highest BCUT2D eigenvalue weighted by atomic mass is 19.4. The fourth-order valence-corrected chi connectivity index (χ4v) is 1.48. The maximum Gasteiger partial charge on any atom is 0.435 e. The first-order valence-corrected chi connectivity index (χ1v) is 4.37. The van der Waals surface area contributed by atoms with Crippen LogP contribution in [-0.4, -0.2) is 35.6 Å². The van der Waals surface area contributed by atoms with Crippen LogP contribution in [-0.2, 0) is 4.79 Å². The lowest BCUT2D eigenvalue weighted by Gasteiger charge is -2.45. The van der Waals surface area contributed by atoms with Crippen molar-refractivity contribution in [3.8, 4) is 0 Å². The average molecular weight is 317 g/mol. The number of hydrogen-bond donors (Lipinski definition) is 0. The van der Waals surface area contributed by atoms with E-state index in [4.69, 9.17) is 0 Å². The fourth-order valence-electron chi connectivity index (χ4n) is 1.48. The molecule has 0 aromatic rings. The summed E-state index contributed by atoms with van der Waals surface area (Å²) in [6.07, 6.45) is -8.47. The summed E-state index contributed by atoms with van der Waals surface area (Å²) >= 11 is 0. The summed E-state index contributed by atoms with van der Waals surface area (Å²) in [5, 5.41) is 0. The highest BCUT2D eigenvalue weighted by Gasteiger charge is 2.91. The number of aliphatic imine (C=N–C) groups is 1. The molecule has 1 rings (SSSR count). The molecule has 114 valence electrons. The van der Waals surface area contributed by atoms with Crippen LogP contribution in [0.2, 0.25) is 0 Å². The Bertz CT molecular complexity index is 504. The highest BCUT2D eigenvalue weighted by molar-refractivity contribution is 5.41. The fraction of sp³-hybridized carbons (Fsp3) is 0.625. The molecule has 20 heavy (non-hydrogen) atoms. The molecule has 0 N–H and O–H groups in total. The number of alkyl halides is 9. The van der Waals surface area contributed by atoms with Gasteiger partial charge in [-0.3, -0.25) is 0 Å². The van der Waals surface area contributed by atoms with Crippen LogP contribution in [0, 0.1) is 0 Å². The SMILES string of the molecule is O=C=NC1(F)C=C(F)C(F)(F)C(F)(C(F)(F)F)C1(F)F. The summed E-state index contributed by atoms with van der Waals surface area (Å²) in [6, 6.07) is 0. The molecular weight excluding hydrogens is 316 g/mol. The van der Waals surface area contributed by atoms with E-state index in [0.29, 0.717) is 0 Å². The smallest absolute Gasteiger partial charge is 0.219 e. The first-order chi connectivity index (χ1) is 8.69. The van der Waals surface area contributed by atoms with Crippen LogP contribution in [0.1, 0.15) is 0 Å². The zero-order valence-electron chi connectivity index (χ0n) is 8.71. The van der Waals surface area contributed by atoms with Gasteiger partial charge in [-0.2, -0.15) is 35.7 Å². The van der Waals surface area contributed by atoms with E-state index in [9.17, 15) is 48.7 Å². The van der Waals surface area contributed by atoms with Gasteiger partial charge in [0.1, 0.15) is 0 Å². The van der Waals surface area contributed by atoms with E-state index < -0.39 is 41.4 Å². The van der Waals surface area contributed by atoms with E-state index in [-0.39, 0.29) is 6.08 Å². The molecule has 1 aliphatic rings. The Labute approximate surface area is 102 Å². The number of allylic oxidation sites excluding steroid dienone is 1. The average Bonchev–Trinajstić information content (AvgIpc) is 2.24. The van der Waals surface area contributed by atoms with Gasteiger partial charge in [-0.25, -0.2) is 18.0 Å². The molecule has 0 aliphatic heterocycles. The van der Waals surface area contributed by atoms with E-state index >= 15 is 0 Å². The van der Waals surface area contributed by atoms with Gasteiger partial charge in [0.15, 0.2) is 5.83 Å². The van der Waals surface area contributed by atoms with Gasteiger partial charge in [-0.05, 0) is 0 Å². The predicted molar refractivity (Wildman–Crippen MR) is 40.9 cm³/mol. The molecule has 0 amide bonds. The van der Waals surface area contributed by atoms with Crippen LogP contribution in [0.25, 0.3) is 0 Å². The van der Waals surface area contributed by atoms with Crippen LogP contribution in [0.4, 0.5) is 43.9 Å². The van der Waals surface area contributed by atoms with Crippen LogP contribution in [0.5, 0.6) is 0 Å². The van der Waals surface area contributed by atoms with Gasteiger partial charge in [0, 0.05) is 6.08 Å². The first kappa shape index (κ1) is 16.5. The summed E-state index contributed by atoms with van der Waals surface area (Å²) in [4.78, 5) is 11.2. The normalized spacial score (nSPS) is 36.0. The molecule has 12 heteroatoms. The molecule has 0 aromatic carbocycles. The second-order valence-corrected chi connectivity index (χ2v) is 3.67. The Morgan fingerprint density at radius 2 is 1.50 bits per heavy atom. The minimum Gasteiger partial charge on any atom is -0.219 e. The van der Waals surface area contributed by atoms with E-state index in [1.165, 1.54) is 4.99 Å². The van der Waals surface area contributed by atoms with E-state index in [0.717, 1.165) is 0 Å². The Morgan fingerprint density at radius 1 is 1.05 bits per heavy atom. The molecule has 0 saturated carbocycles. The summed E-state index contributed by atoms with van der Waals surface area (Å²) in [5.74, 6) is -21.8. The Balaban J connectivity index is 3.84. The molecular formula is C8HF10NO. The molecule has 2 unspecified atom stereocenters. The summed E-state index contributed by atoms with van der Waals surface area (Å²) in [6.45, 7) is 0. The van der Waals surface area contributed by atoms with Crippen molar-refractivity contribution >= 4 is 6.08 Å². The van der Waals surface area contributed by atoms with Crippen molar-refractivity contribution < 1.29 is 48.7 Å². The van der Waals surface area contributed by atoms with E-state index in [1.807, 2.05) is 0 Å². The van der Waals surface area contributed by atoms with Crippen molar-refractivity contribution in [1.82, 2.24) is 0 Å². The van der Waals surface area contributed by atoms with Gasteiger partial charge in [0.05, 0.1) is 0 Å². The van der Waals surface area contributed by atoms with Gasteiger partial charge < -0.3 is 0 Å². The first-order valence-electron chi connectivity index (χ1n) is 4.37. The number of rotatable bonds is 1. The van der Waals surface area contributed by atoms with Crippen molar-refractivity contribution in [2.45, 2.75) is 29.5 Å². The second-order valence-electron chi connectivity index (χ2n) is 3.67. The molecule has 0 fully saturated rings. The number of isocyanates is 1. The van der Waals surface area contributed by atoms with E-state index in [2.05, 4.69) is 0 Å².